The van der Waals surface area contributed by atoms with E-state index in [4.69, 9.17) is 0 Å². The van der Waals surface area contributed by atoms with E-state index in [-0.39, 0.29) is 0 Å². The van der Waals surface area contributed by atoms with Crippen LogP contribution in [-0.4, -0.2) is 19.8 Å². The molecule has 0 nitrogen and oxygen atoms in total. The van der Waals surface area contributed by atoms with Crippen molar-refractivity contribution in [3.8, 4) is 0 Å². The fourth-order valence-electron chi connectivity index (χ4n) is 2.19. The second-order valence-corrected chi connectivity index (χ2v) is 18.6. The van der Waals surface area contributed by atoms with Crippen LogP contribution in [0.3, 0.4) is 0 Å². The average Bonchev–Trinajstić information content (AvgIpc) is 1.56. The Morgan fingerprint density at radius 2 is 1.09 bits per heavy atom. The molecule has 0 radical (unpaired) electrons. The van der Waals surface area contributed by atoms with Gasteiger partial charge in [0.05, 0.1) is 0 Å². The predicted octanol–water partition coefficient (Wildman–Crippen LogP) is 4.10. The molecule has 0 unspecified atom stereocenters. The first kappa shape index (κ1) is 11.8. The van der Waals surface area contributed by atoms with Crippen LogP contribution in [0.25, 0.3) is 0 Å². The van der Waals surface area contributed by atoms with E-state index in [0.717, 1.165) is 0 Å². The molecule has 0 aliphatic carbocycles. The Balaban J connectivity index is 4.43. The maximum atomic E-state index is 2.43. The SMILES string of the molecule is C[CH2][Sn+]([C](C)(C)C)[C](C)(C)C. The monoisotopic (exact) mass is 263 g/mol. The van der Waals surface area contributed by atoms with Crippen molar-refractivity contribution in [3.63, 3.8) is 0 Å². The third-order valence-electron chi connectivity index (χ3n) is 2.16. The zero-order valence-corrected chi connectivity index (χ0v) is 12.1. The van der Waals surface area contributed by atoms with Crippen molar-refractivity contribution in [2.45, 2.75) is 59.8 Å². The van der Waals surface area contributed by atoms with Crippen molar-refractivity contribution in [2.75, 3.05) is 0 Å². The van der Waals surface area contributed by atoms with Crippen LogP contribution < -0.4 is 0 Å². The van der Waals surface area contributed by atoms with Crippen molar-refractivity contribution >= 4 is 19.8 Å². The molecule has 0 atom stereocenters. The van der Waals surface area contributed by atoms with Gasteiger partial charge in [-0.3, -0.25) is 0 Å². The van der Waals surface area contributed by atoms with E-state index in [1.165, 1.54) is 4.44 Å². The molecule has 11 heavy (non-hydrogen) atoms. The third-order valence-corrected chi connectivity index (χ3v) is 14.5. The first-order chi connectivity index (χ1) is 4.69. The molecule has 0 aliphatic heterocycles. The molecular formula is C10H23Sn+. The minimum absolute atomic E-state index is 0.648. The summed E-state index contributed by atoms with van der Waals surface area (Å²) in [5.74, 6) is 0. The molecule has 0 spiro atoms. The van der Waals surface area contributed by atoms with E-state index < -0.39 is 19.8 Å². The Labute approximate surface area is 79.5 Å². The number of hydrogen-bond donors (Lipinski definition) is 0. The Bertz CT molecular complexity index is 99.8. The molecule has 0 aliphatic rings. The van der Waals surface area contributed by atoms with Gasteiger partial charge in [-0.1, -0.05) is 0 Å². The van der Waals surface area contributed by atoms with Gasteiger partial charge in [0.2, 0.25) is 0 Å². The predicted molar refractivity (Wildman–Crippen MR) is 55.7 cm³/mol. The van der Waals surface area contributed by atoms with Crippen LogP contribution in [0.15, 0.2) is 0 Å². The van der Waals surface area contributed by atoms with E-state index in [1.54, 1.807) is 0 Å². The van der Waals surface area contributed by atoms with Crippen molar-refractivity contribution in [1.29, 1.82) is 0 Å². The molecule has 0 bridgehead atoms. The molecule has 1 heteroatoms. The van der Waals surface area contributed by atoms with Crippen LogP contribution in [-0.2, 0) is 0 Å². The van der Waals surface area contributed by atoms with E-state index >= 15 is 0 Å². The fraction of sp³-hybridized carbons (Fsp3) is 1.00. The first-order valence-corrected chi connectivity index (χ1v) is 9.43. The Morgan fingerprint density at radius 3 is 1.09 bits per heavy atom. The Morgan fingerprint density at radius 1 is 0.818 bits per heavy atom. The van der Waals surface area contributed by atoms with E-state index in [2.05, 4.69) is 48.5 Å². The van der Waals surface area contributed by atoms with Gasteiger partial charge in [-0.25, -0.2) is 0 Å². The van der Waals surface area contributed by atoms with Crippen molar-refractivity contribution in [2.24, 2.45) is 0 Å². The third kappa shape index (κ3) is 3.82. The topological polar surface area (TPSA) is 0 Å². The summed E-state index contributed by atoms with van der Waals surface area (Å²) in [5, 5.41) is 0. The molecule has 0 aromatic rings. The summed E-state index contributed by atoms with van der Waals surface area (Å²) in [7, 11) is 0. The summed E-state index contributed by atoms with van der Waals surface area (Å²) >= 11 is -1.17. The second-order valence-electron chi connectivity index (χ2n) is 5.33. The Hall–Kier alpha value is 0.799. The molecule has 0 saturated carbocycles. The second kappa shape index (κ2) is 3.67. The molecule has 0 rings (SSSR count). The van der Waals surface area contributed by atoms with Crippen LogP contribution in [0.2, 0.25) is 11.3 Å². The maximum absolute atomic E-state index is 2.43. The average molecular weight is 262 g/mol. The van der Waals surface area contributed by atoms with Gasteiger partial charge in [-0.15, -0.1) is 0 Å². The Kier molecular flexibility index (Phi) is 3.94. The summed E-state index contributed by atoms with van der Waals surface area (Å²) in [4.78, 5) is 0. The number of hydrogen-bond acceptors (Lipinski definition) is 0. The quantitative estimate of drug-likeness (QED) is 0.624. The summed E-state index contributed by atoms with van der Waals surface area (Å²) in [6.07, 6.45) is 0. The standard InChI is InChI=1S/2C4H9.C2H5.Sn/c2*1-4(2)3;1-2;/h2*1-3H3;1H2,2H3;/q;;;+1. The van der Waals surface area contributed by atoms with Gasteiger partial charge in [0.15, 0.2) is 0 Å². The summed E-state index contributed by atoms with van der Waals surface area (Å²) in [5.41, 5.74) is 0. The number of rotatable bonds is 1. The van der Waals surface area contributed by atoms with Gasteiger partial charge in [0, 0.05) is 0 Å². The van der Waals surface area contributed by atoms with Gasteiger partial charge in [0.25, 0.3) is 0 Å². The first-order valence-electron chi connectivity index (χ1n) is 4.56. The van der Waals surface area contributed by atoms with Crippen molar-refractivity contribution in [3.05, 3.63) is 0 Å². The van der Waals surface area contributed by atoms with Gasteiger partial charge in [-0.2, -0.15) is 0 Å². The fourth-order valence-corrected chi connectivity index (χ4v) is 14.7. The summed E-state index contributed by atoms with van der Waals surface area (Å²) in [6, 6.07) is 0. The van der Waals surface area contributed by atoms with Gasteiger partial charge >= 0.3 is 79.5 Å². The van der Waals surface area contributed by atoms with E-state index in [0.29, 0.717) is 6.86 Å². The molecular weight excluding hydrogens is 239 g/mol. The van der Waals surface area contributed by atoms with Gasteiger partial charge in [-0.05, 0) is 0 Å². The molecule has 0 amide bonds. The minimum atomic E-state index is -1.17. The van der Waals surface area contributed by atoms with E-state index in [9.17, 15) is 0 Å². The molecule has 0 heterocycles. The van der Waals surface area contributed by atoms with Crippen LogP contribution in [0, 0.1) is 0 Å². The van der Waals surface area contributed by atoms with Crippen LogP contribution >= 0.6 is 0 Å². The summed E-state index contributed by atoms with van der Waals surface area (Å²) in [6.45, 7) is 16.9. The molecule has 0 aromatic heterocycles. The van der Waals surface area contributed by atoms with Crippen molar-refractivity contribution < 1.29 is 0 Å². The molecule has 0 saturated heterocycles. The van der Waals surface area contributed by atoms with Crippen LogP contribution in [0.5, 0.6) is 0 Å². The molecule has 0 N–H and O–H groups in total. The molecule has 0 fully saturated rings. The van der Waals surface area contributed by atoms with Crippen LogP contribution in [0.4, 0.5) is 0 Å². The molecule has 66 valence electrons. The van der Waals surface area contributed by atoms with Gasteiger partial charge < -0.3 is 0 Å². The van der Waals surface area contributed by atoms with E-state index in [1.807, 2.05) is 0 Å². The normalized spacial score (nSPS) is 13.4. The molecule has 0 aromatic carbocycles. The summed E-state index contributed by atoms with van der Waals surface area (Å²) < 4.78 is 2.78. The van der Waals surface area contributed by atoms with Crippen LogP contribution in [0.1, 0.15) is 48.5 Å². The zero-order chi connectivity index (χ0) is 9.28. The van der Waals surface area contributed by atoms with Crippen molar-refractivity contribution in [1.82, 2.24) is 0 Å². The zero-order valence-electron chi connectivity index (χ0n) is 9.21. The van der Waals surface area contributed by atoms with Gasteiger partial charge in [0.1, 0.15) is 0 Å².